The largest absolute Gasteiger partial charge is 0.481 e. The summed E-state index contributed by atoms with van der Waals surface area (Å²) in [7, 11) is 0. The molecule has 6 atom stereocenters. The second-order valence-corrected chi connectivity index (χ2v) is 7.61. The van der Waals surface area contributed by atoms with Gasteiger partial charge in [0.2, 0.25) is 0 Å². The average molecular weight is 264 g/mol. The molecule has 19 heavy (non-hydrogen) atoms. The van der Waals surface area contributed by atoms with Crippen LogP contribution in [0, 0.1) is 28.1 Å². The molecule has 0 radical (unpaired) electrons. The van der Waals surface area contributed by atoms with Crippen LogP contribution in [0.3, 0.4) is 0 Å². The molecule has 0 amide bonds. The van der Waals surface area contributed by atoms with Crippen molar-refractivity contribution in [2.75, 3.05) is 0 Å². The molecule has 1 spiro atoms. The first-order valence-electron chi connectivity index (χ1n) is 7.29. The van der Waals surface area contributed by atoms with Crippen molar-refractivity contribution in [3.63, 3.8) is 0 Å². The summed E-state index contributed by atoms with van der Waals surface area (Å²) in [5.74, 6) is -0.760. The summed E-state index contributed by atoms with van der Waals surface area (Å²) in [6.45, 7) is 4.28. The Bertz CT molecular complexity index is 500. The van der Waals surface area contributed by atoms with Crippen molar-refractivity contribution in [3.8, 4) is 0 Å². The highest BCUT2D eigenvalue weighted by Crippen LogP contribution is 2.78. The molecule has 4 nitrogen and oxygen atoms in total. The van der Waals surface area contributed by atoms with E-state index in [0.29, 0.717) is 0 Å². The van der Waals surface area contributed by atoms with Gasteiger partial charge >= 0.3 is 11.9 Å². The predicted molar refractivity (Wildman–Crippen MR) is 66.2 cm³/mol. The molecule has 1 saturated heterocycles. The average Bonchev–Trinajstić information content (AvgIpc) is 2.87. The molecule has 4 rings (SSSR count). The first-order valence-corrected chi connectivity index (χ1v) is 7.29. The van der Waals surface area contributed by atoms with E-state index in [1.807, 2.05) is 6.92 Å². The van der Waals surface area contributed by atoms with Crippen LogP contribution < -0.4 is 0 Å². The summed E-state index contributed by atoms with van der Waals surface area (Å²) in [6, 6.07) is 0. The lowest BCUT2D eigenvalue weighted by atomic mass is 9.63. The van der Waals surface area contributed by atoms with Crippen molar-refractivity contribution in [1.29, 1.82) is 0 Å². The number of esters is 1. The number of fused-ring (bicyclic) bond motifs is 1. The zero-order valence-electron chi connectivity index (χ0n) is 11.4. The molecule has 1 aliphatic heterocycles. The van der Waals surface area contributed by atoms with Gasteiger partial charge in [-0.2, -0.15) is 0 Å². The van der Waals surface area contributed by atoms with E-state index in [1.165, 1.54) is 0 Å². The highest BCUT2D eigenvalue weighted by Gasteiger charge is 2.81. The molecule has 0 aromatic carbocycles. The Labute approximate surface area is 112 Å². The van der Waals surface area contributed by atoms with Gasteiger partial charge < -0.3 is 9.84 Å². The lowest BCUT2D eigenvalue weighted by Gasteiger charge is -2.48. The molecular formula is C15H20O4. The SMILES string of the molecule is C[C@@]12CC[C@H]3[C@H](C(=O)O)CC[C@]31[C@@H]1OC(=O)[C@]1(C)C2. The Morgan fingerprint density at radius 2 is 2.05 bits per heavy atom. The quantitative estimate of drug-likeness (QED) is 0.738. The van der Waals surface area contributed by atoms with E-state index in [0.717, 1.165) is 32.1 Å². The molecule has 1 heterocycles. The maximum absolute atomic E-state index is 11.9. The fourth-order valence-corrected chi connectivity index (χ4v) is 6.32. The van der Waals surface area contributed by atoms with Gasteiger partial charge in [0.25, 0.3) is 0 Å². The van der Waals surface area contributed by atoms with Crippen LogP contribution in [0.4, 0.5) is 0 Å². The molecule has 0 bridgehead atoms. The van der Waals surface area contributed by atoms with Gasteiger partial charge in [-0.25, -0.2) is 0 Å². The van der Waals surface area contributed by atoms with Crippen molar-refractivity contribution >= 4 is 11.9 Å². The summed E-state index contributed by atoms with van der Waals surface area (Å²) >= 11 is 0. The smallest absolute Gasteiger partial charge is 0.315 e. The molecule has 104 valence electrons. The first-order chi connectivity index (χ1) is 8.85. The number of rotatable bonds is 1. The van der Waals surface area contributed by atoms with Gasteiger partial charge in [-0.15, -0.1) is 0 Å². The van der Waals surface area contributed by atoms with Crippen molar-refractivity contribution in [2.45, 2.75) is 52.1 Å². The second kappa shape index (κ2) is 2.99. The molecule has 3 saturated carbocycles. The standard InChI is InChI=1S/C15H20O4/c1-13-5-4-9-8(10(16)17)3-6-15(9,13)11-14(2,7-13)12(18)19-11/h8-9,11H,3-7H2,1-2H3,(H,16,17)/t8-,9+,11-,13+,14-,15-/m1/s1. The number of hydrogen-bond acceptors (Lipinski definition) is 3. The van der Waals surface area contributed by atoms with Crippen molar-refractivity contribution in [1.82, 2.24) is 0 Å². The number of carbonyl (C=O) groups is 2. The molecule has 3 aliphatic carbocycles. The first kappa shape index (κ1) is 11.7. The molecular weight excluding hydrogens is 244 g/mol. The molecule has 0 aromatic heterocycles. The molecule has 4 aliphatic rings. The van der Waals surface area contributed by atoms with E-state index >= 15 is 0 Å². The third-order valence-corrected chi connectivity index (χ3v) is 6.96. The fraction of sp³-hybridized carbons (Fsp3) is 0.867. The monoisotopic (exact) mass is 264 g/mol. The summed E-state index contributed by atoms with van der Waals surface area (Å²) in [5.41, 5.74) is -0.313. The number of hydrogen-bond donors (Lipinski definition) is 1. The highest BCUT2D eigenvalue weighted by molar-refractivity contribution is 5.84. The van der Waals surface area contributed by atoms with E-state index in [9.17, 15) is 14.7 Å². The Morgan fingerprint density at radius 3 is 2.68 bits per heavy atom. The number of carboxylic acid groups (broad SMARTS) is 1. The van der Waals surface area contributed by atoms with Gasteiger partial charge in [-0.05, 0) is 50.4 Å². The minimum atomic E-state index is -0.662. The second-order valence-electron chi connectivity index (χ2n) is 7.61. The Kier molecular flexibility index (Phi) is 1.85. The highest BCUT2D eigenvalue weighted by atomic mass is 16.6. The van der Waals surface area contributed by atoms with E-state index in [2.05, 4.69) is 6.92 Å². The van der Waals surface area contributed by atoms with Crippen molar-refractivity contribution < 1.29 is 19.4 Å². The van der Waals surface area contributed by atoms with Crippen molar-refractivity contribution in [2.24, 2.45) is 28.1 Å². The van der Waals surface area contributed by atoms with Crippen LogP contribution >= 0.6 is 0 Å². The van der Waals surface area contributed by atoms with Gasteiger partial charge in [-0.3, -0.25) is 9.59 Å². The molecule has 0 aromatic rings. The van der Waals surface area contributed by atoms with Crippen LogP contribution in [0.5, 0.6) is 0 Å². The van der Waals surface area contributed by atoms with Crippen molar-refractivity contribution in [3.05, 3.63) is 0 Å². The summed E-state index contributed by atoms with van der Waals surface area (Å²) < 4.78 is 5.55. The summed E-state index contributed by atoms with van der Waals surface area (Å²) in [4.78, 5) is 23.3. The van der Waals surface area contributed by atoms with Gasteiger partial charge in [-0.1, -0.05) is 6.92 Å². The van der Waals surface area contributed by atoms with Crippen LogP contribution in [0.15, 0.2) is 0 Å². The third kappa shape index (κ3) is 0.986. The maximum atomic E-state index is 11.9. The molecule has 1 N–H and O–H groups in total. The number of aliphatic carboxylic acids is 1. The topological polar surface area (TPSA) is 63.6 Å². The minimum absolute atomic E-state index is 0.0330. The lowest BCUT2D eigenvalue weighted by Crippen LogP contribution is -2.58. The van der Waals surface area contributed by atoms with Crippen LogP contribution in [-0.2, 0) is 14.3 Å². The third-order valence-electron chi connectivity index (χ3n) is 6.96. The Hall–Kier alpha value is -1.06. The van der Waals surface area contributed by atoms with E-state index in [4.69, 9.17) is 4.74 Å². The predicted octanol–water partition coefficient (Wildman–Crippen LogP) is 2.22. The molecule has 0 unspecified atom stereocenters. The Balaban J connectivity index is 1.82. The zero-order chi connectivity index (χ0) is 13.6. The van der Waals surface area contributed by atoms with Crippen LogP contribution in [0.2, 0.25) is 0 Å². The van der Waals surface area contributed by atoms with Crippen LogP contribution in [0.25, 0.3) is 0 Å². The normalized spacial score (nSPS) is 58.0. The Morgan fingerprint density at radius 1 is 1.32 bits per heavy atom. The van der Waals surface area contributed by atoms with Gasteiger partial charge in [0.1, 0.15) is 11.5 Å². The molecule has 4 heteroatoms. The zero-order valence-corrected chi connectivity index (χ0v) is 11.4. The molecule has 4 fully saturated rings. The maximum Gasteiger partial charge on any atom is 0.315 e. The van der Waals surface area contributed by atoms with E-state index < -0.39 is 5.97 Å². The summed E-state index contributed by atoms with van der Waals surface area (Å²) in [5, 5.41) is 9.44. The lowest BCUT2D eigenvalue weighted by molar-refractivity contribution is -0.215. The number of ether oxygens (including phenoxy) is 1. The van der Waals surface area contributed by atoms with E-state index in [-0.39, 0.29) is 40.2 Å². The van der Waals surface area contributed by atoms with Crippen LogP contribution in [0.1, 0.15) is 46.0 Å². The van der Waals surface area contributed by atoms with Gasteiger partial charge in [0.05, 0.1) is 5.92 Å². The van der Waals surface area contributed by atoms with Gasteiger partial charge in [0.15, 0.2) is 0 Å². The summed E-state index contributed by atoms with van der Waals surface area (Å²) in [6.07, 6.45) is 4.54. The van der Waals surface area contributed by atoms with Gasteiger partial charge in [0, 0.05) is 5.41 Å². The number of carboxylic acids is 1. The number of carbonyl (C=O) groups excluding carboxylic acids is 1. The van der Waals surface area contributed by atoms with E-state index in [1.54, 1.807) is 0 Å². The fourth-order valence-electron chi connectivity index (χ4n) is 6.32. The van der Waals surface area contributed by atoms with Crippen LogP contribution in [-0.4, -0.2) is 23.1 Å². The minimum Gasteiger partial charge on any atom is -0.481 e.